The number of nitrogens with two attached hydrogens (primary N) is 1. The van der Waals surface area contributed by atoms with E-state index in [2.05, 4.69) is 104 Å². The minimum atomic E-state index is 0.882. The van der Waals surface area contributed by atoms with Gasteiger partial charge in [-0.1, -0.05) is 97.4 Å². The summed E-state index contributed by atoms with van der Waals surface area (Å²) in [5, 5.41) is 3.54. The van der Waals surface area contributed by atoms with Crippen LogP contribution in [0, 0.1) is 26.7 Å². The Balaban J connectivity index is 0. The number of terminal acetylenes is 1. The first-order valence-electron chi connectivity index (χ1n) is 15.3. The standard InChI is InChI=1S/C29H49N3.C5H12.C2H2/c1-9-11-12-13-14-17-31-24(6)15-16-26(19-22(3)4)27-20-23(5)29(30)28(25(27)7)21-32(8)18-10-2;1-3-5-4-2;1-2/h19-20,31H,3,6,9-18,21,30H2,1-2,4-5,7-8H3;3-5H2,1-2H3;1-2H/b26-19-;;. The molecule has 0 saturated heterocycles. The molecule has 1 aromatic rings. The molecule has 0 bridgehead atoms. The van der Waals surface area contributed by atoms with Crippen LogP contribution in [0.3, 0.4) is 0 Å². The van der Waals surface area contributed by atoms with E-state index in [1.54, 1.807) is 0 Å². The molecule has 0 saturated carbocycles. The molecule has 0 aliphatic rings. The van der Waals surface area contributed by atoms with Gasteiger partial charge in [-0.15, -0.1) is 12.8 Å². The number of hydrogen-bond acceptors (Lipinski definition) is 3. The highest BCUT2D eigenvalue weighted by molar-refractivity contribution is 5.75. The van der Waals surface area contributed by atoms with Crippen molar-refractivity contribution < 1.29 is 0 Å². The van der Waals surface area contributed by atoms with Crippen molar-refractivity contribution in [1.82, 2.24) is 10.2 Å². The summed E-state index contributed by atoms with van der Waals surface area (Å²) in [6, 6.07) is 2.26. The van der Waals surface area contributed by atoms with Crippen LogP contribution in [-0.2, 0) is 6.54 Å². The predicted octanol–water partition coefficient (Wildman–Crippen LogP) is 9.99. The van der Waals surface area contributed by atoms with Gasteiger partial charge in [0, 0.05) is 24.5 Å². The molecule has 0 atom stereocenters. The van der Waals surface area contributed by atoms with Crippen LogP contribution in [0.5, 0.6) is 0 Å². The molecule has 0 unspecified atom stereocenters. The maximum absolute atomic E-state index is 6.53. The summed E-state index contributed by atoms with van der Waals surface area (Å²) < 4.78 is 0. The van der Waals surface area contributed by atoms with Gasteiger partial charge in [-0.3, -0.25) is 0 Å². The third-order valence-electron chi connectivity index (χ3n) is 6.83. The van der Waals surface area contributed by atoms with Crippen molar-refractivity contribution in [2.75, 3.05) is 25.9 Å². The molecule has 0 aromatic heterocycles. The van der Waals surface area contributed by atoms with Crippen LogP contribution in [-0.4, -0.2) is 25.0 Å². The van der Waals surface area contributed by atoms with Gasteiger partial charge in [0.15, 0.2) is 0 Å². The van der Waals surface area contributed by atoms with E-state index in [1.165, 1.54) is 73.6 Å². The Bertz CT molecular complexity index is 858. The third kappa shape index (κ3) is 17.7. The molecule has 1 aromatic carbocycles. The van der Waals surface area contributed by atoms with Gasteiger partial charge in [-0.05, 0) is 93.9 Å². The fraction of sp³-hybridized carbons (Fsp3) is 0.611. The molecule has 3 N–H and O–H groups in total. The number of allylic oxidation sites excluding steroid dienone is 4. The van der Waals surface area contributed by atoms with Crippen molar-refractivity contribution in [1.29, 1.82) is 0 Å². The van der Waals surface area contributed by atoms with Crippen LogP contribution in [0.25, 0.3) is 5.57 Å². The van der Waals surface area contributed by atoms with Crippen LogP contribution >= 0.6 is 0 Å². The molecule has 39 heavy (non-hydrogen) atoms. The number of benzene rings is 1. The number of nitrogen functional groups attached to an aromatic ring is 1. The van der Waals surface area contributed by atoms with Gasteiger partial charge >= 0.3 is 0 Å². The summed E-state index contributed by atoms with van der Waals surface area (Å²) in [5.41, 5.74) is 16.0. The Morgan fingerprint density at radius 1 is 0.923 bits per heavy atom. The molecule has 0 amide bonds. The second-order valence-electron chi connectivity index (χ2n) is 10.8. The van der Waals surface area contributed by atoms with Gasteiger partial charge in [-0.2, -0.15) is 0 Å². The van der Waals surface area contributed by atoms with Gasteiger partial charge in [-0.25, -0.2) is 0 Å². The lowest BCUT2D eigenvalue weighted by Crippen LogP contribution is -2.20. The van der Waals surface area contributed by atoms with E-state index in [4.69, 9.17) is 5.73 Å². The smallest absolute Gasteiger partial charge is 0.0392 e. The number of aryl methyl sites for hydroxylation is 1. The van der Waals surface area contributed by atoms with Gasteiger partial charge in [0.2, 0.25) is 0 Å². The second kappa shape index (κ2) is 24.6. The summed E-state index contributed by atoms with van der Waals surface area (Å²) in [6.07, 6.45) is 23.8. The summed E-state index contributed by atoms with van der Waals surface area (Å²) in [7, 11) is 2.17. The van der Waals surface area contributed by atoms with Gasteiger partial charge < -0.3 is 16.0 Å². The van der Waals surface area contributed by atoms with Crippen molar-refractivity contribution >= 4 is 11.3 Å². The van der Waals surface area contributed by atoms with Crippen molar-refractivity contribution in [3.63, 3.8) is 0 Å². The first-order valence-corrected chi connectivity index (χ1v) is 15.3. The van der Waals surface area contributed by atoms with Gasteiger partial charge in [0.1, 0.15) is 0 Å². The minimum Gasteiger partial charge on any atom is -0.398 e. The van der Waals surface area contributed by atoms with Crippen LogP contribution in [0.1, 0.15) is 128 Å². The molecule has 0 spiro atoms. The van der Waals surface area contributed by atoms with Crippen molar-refractivity contribution in [2.45, 2.75) is 126 Å². The van der Waals surface area contributed by atoms with E-state index < -0.39 is 0 Å². The van der Waals surface area contributed by atoms with Gasteiger partial charge in [0.05, 0.1) is 0 Å². The molecular formula is C36H63N3. The molecule has 0 aliphatic heterocycles. The SMILES string of the molecule is C#C.C=C(C)/C=C(/CCC(=C)NCCCCCCC)c1cc(C)c(N)c(CN(C)CCC)c1C.CCCCC. The van der Waals surface area contributed by atoms with E-state index in [-0.39, 0.29) is 0 Å². The predicted molar refractivity (Wildman–Crippen MR) is 180 cm³/mol. The van der Waals surface area contributed by atoms with Gasteiger partial charge in [0.25, 0.3) is 0 Å². The molecule has 3 heteroatoms. The summed E-state index contributed by atoms with van der Waals surface area (Å²) >= 11 is 0. The first kappa shape index (κ1) is 38.7. The normalized spacial score (nSPS) is 10.8. The Labute approximate surface area is 244 Å². The maximum Gasteiger partial charge on any atom is 0.0392 e. The largest absolute Gasteiger partial charge is 0.398 e. The lowest BCUT2D eigenvalue weighted by molar-refractivity contribution is 0.327. The number of hydrogen-bond donors (Lipinski definition) is 2. The number of nitrogens with zero attached hydrogens (tertiary/aromatic N) is 1. The Morgan fingerprint density at radius 3 is 2.03 bits per heavy atom. The van der Waals surface area contributed by atoms with E-state index in [9.17, 15) is 0 Å². The Morgan fingerprint density at radius 2 is 1.51 bits per heavy atom. The zero-order chi connectivity index (χ0) is 30.2. The summed E-state index contributed by atoms with van der Waals surface area (Å²) in [6.45, 7) is 26.7. The zero-order valence-corrected chi connectivity index (χ0v) is 27.1. The molecule has 0 heterocycles. The van der Waals surface area contributed by atoms with E-state index in [0.29, 0.717) is 0 Å². The summed E-state index contributed by atoms with van der Waals surface area (Å²) in [4.78, 5) is 2.36. The van der Waals surface area contributed by atoms with Crippen molar-refractivity contribution in [3.8, 4) is 12.8 Å². The minimum absolute atomic E-state index is 0.882. The maximum atomic E-state index is 6.53. The molecule has 0 aliphatic carbocycles. The average molecular weight is 538 g/mol. The topological polar surface area (TPSA) is 41.3 Å². The third-order valence-corrected chi connectivity index (χ3v) is 6.83. The van der Waals surface area contributed by atoms with E-state index in [1.807, 2.05) is 0 Å². The monoisotopic (exact) mass is 538 g/mol. The van der Waals surface area contributed by atoms with E-state index >= 15 is 0 Å². The molecule has 0 radical (unpaired) electrons. The Hall–Kier alpha value is -2.44. The molecule has 222 valence electrons. The van der Waals surface area contributed by atoms with Crippen LogP contribution in [0.2, 0.25) is 0 Å². The number of anilines is 1. The average Bonchev–Trinajstić information content (AvgIpc) is 2.90. The fourth-order valence-corrected chi connectivity index (χ4v) is 4.58. The fourth-order valence-electron chi connectivity index (χ4n) is 4.58. The first-order chi connectivity index (χ1) is 18.6. The van der Waals surface area contributed by atoms with Crippen molar-refractivity contribution in [2.24, 2.45) is 0 Å². The van der Waals surface area contributed by atoms with E-state index in [0.717, 1.165) is 61.4 Å². The number of unbranched alkanes of at least 4 members (excludes halogenated alkanes) is 6. The molecule has 0 fully saturated rings. The zero-order valence-electron chi connectivity index (χ0n) is 27.1. The van der Waals surface area contributed by atoms with Crippen LogP contribution in [0.4, 0.5) is 5.69 Å². The van der Waals surface area contributed by atoms with Crippen LogP contribution in [0.15, 0.2) is 36.6 Å². The Kier molecular flexibility index (Phi) is 24.4. The van der Waals surface area contributed by atoms with Crippen LogP contribution < -0.4 is 11.1 Å². The second-order valence-corrected chi connectivity index (χ2v) is 10.8. The lowest BCUT2D eigenvalue weighted by atomic mass is 9.89. The number of rotatable bonds is 18. The highest BCUT2D eigenvalue weighted by Gasteiger charge is 2.16. The van der Waals surface area contributed by atoms with Crippen molar-refractivity contribution in [3.05, 3.63) is 58.8 Å². The highest BCUT2D eigenvalue weighted by Crippen LogP contribution is 2.33. The quantitative estimate of drug-likeness (QED) is 0.0847. The lowest BCUT2D eigenvalue weighted by Gasteiger charge is -2.23. The molecule has 1 rings (SSSR count). The summed E-state index contributed by atoms with van der Waals surface area (Å²) in [5.74, 6) is 0. The molecule has 3 nitrogen and oxygen atoms in total. The highest BCUT2D eigenvalue weighted by atomic mass is 15.1. The number of nitrogens with one attached hydrogen (secondary N) is 1. The molecular weight excluding hydrogens is 474 g/mol.